The Bertz CT molecular complexity index is 720. The van der Waals surface area contributed by atoms with Crippen molar-refractivity contribution in [1.82, 2.24) is 9.97 Å². The predicted molar refractivity (Wildman–Crippen MR) is 83.4 cm³/mol. The zero-order chi connectivity index (χ0) is 13.9. The lowest BCUT2D eigenvalue weighted by atomic mass is 10.1. The number of nitrogens with zero attached hydrogens (tertiary/aromatic N) is 2. The first-order valence-corrected chi connectivity index (χ1v) is 7.28. The second kappa shape index (κ2) is 5.53. The van der Waals surface area contributed by atoms with Gasteiger partial charge in [0.1, 0.15) is 5.01 Å². The Morgan fingerprint density at radius 3 is 2.65 bits per heavy atom. The fourth-order valence-corrected chi connectivity index (χ4v) is 3.00. The fraction of sp³-hybridized carbons (Fsp3) is 0.125. The molecule has 0 spiro atoms. The number of hydrogen-bond donors (Lipinski definition) is 1. The van der Waals surface area contributed by atoms with Crippen LogP contribution in [-0.4, -0.2) is 9.97 Å². The van der Waals surface area contributed by atoms with E-state index in [4.69, 9.17) is 10.7 Å². The zero-order valence-electron chi connectivity index (χ0n) is 11.2. The largest absolute Gasteiger partial charge is 0.326 e. The smallest absolute Gasteiger partial charge is 0.142 e. The Morgan fingerprint density at radius 2 is 1.95 bits per heavy atom. The van der Waals surface area contributed by atoms with Crippen LogP contribution in [0.25, 0.3) is 22.0 Å². The molecule has 3 rings (SSSR count). The van der Waals surface area contributed by atoms with Gasteiger partial charge >= 0.3 is 0 Å². The number of pyridine rings is 1. The highest BCUT2D eigenvalue weighted by molar-refractivity contribution is 7.15. The Kier molecular flexibility index (Phi) is 3.58. The predicted octanol–water partition coefficient (Wildman–Crippen LogP) is 3.64. The lowest BCUT2D eigenvalue weighted by Crippen LogP contribution is -1.95. The van der Waals surface area contributed by atoms with Crippen molar-refractivity contribution in [3.05, 3.63) is 59.1 Å². The SMILES string of the molecule is Cc1ccnc(-c2nc(-c3ccccc3)c(CN)s2)c1. The van der Waals surface area contributed by atoms with Crippen molar-refractivity contribution in [2.75, 3.05) is 0 Å². The second-order valence-electron chi connectivity index (χ2n) is 4.58. The monoisotopic (exact) mass is 281 g/mol. The van der Waals surface area contributed by atoms with Crippen LogP contribution in [0.4, 0.5) is 0 Å². The molecule has 4 heteroatoms. The van der Waals surface area contributed by atoms with Gasteiger partial charge in [0.05, 0.1) is 11.4 Å². The van der Waals surface area contributed by atoms with Crippen molar-refractivity contribution in [1.29, 1.82) is 0 Å². The van der Waals surface area contributed by atoms with Crippen LogP contribution < -0.4 is 5.73 Å². The minimum atomic E-state index is 0.494. The molecule has 2 N–H and O–H groups in total. The molecule has 0 saturated carbocycles. The molecule has 2 heterocycles. The summed E-state index contributed by atoms with van der Waals surface area (Å²) in [5.41, 5.74) is 10.0. The van der Waals surface area contributed by atoms with Crippen LogP contribution in [0.5, 0.6) is 0 Å². The van der Waals surface area contributed by atoms with E-state index in [1.54, 1.807) is 11.3 Å². The van der Waals surface area contributed by atoms with Gasteiger partial charge < -0.3 is 5.73 Å². The van der Waals surface area contributed by atoms with Crippen molar-refractivity contribution in [2.24, 2.45) is 5.73 Å². The van der Waals surface area contributed by atoms with Gasteiger partial charge in [-0.3, -0.25) is 4.98 Å². The van der Waals surface area contributed by atoms with Crippen molar-refractivity contribution < 1.29 is 0 Å². The first-order valence-electron chi connectivity index (χ1n) is 6.46. The molecule has 3 aromatic rings. The average molecular weight is 281 g/mol. The van der Waals surface area contributed by atoms with Gasteiger partial charge in [-0.15, -0.1) is 11.3 Å². The maximum atomic E-state index is 5.86. The summed E-state index contributed by atoms with van der Waals surface area (Å²) in [6.07, 6.45) is 1.82. The van der Waals surface area contributed by atoms with Crippen molar-refractivity contribution in [3.63, 3.8) is 0 Å². The third-order valence-corrected chi connectivity index (χ3v) is 4.16. The molecule has 20 heavy (non-hydrogen) atoms. The normalized spacial score (nSPS) is 10.7. The van der Waals surface area contributed by atoms with E-state index in [1.807, 2.05) is 36.5 Å². The topological polar surface area (TPSA) is 51.8 Å². The molecular formula is C16H15N3S. The number of hydrogen-bond acceptors (Lipinski definition) is 4. The Balaban J connectivity index is 2.10. The lowest BCUT2D eigenvalue weighted by molar-refractivity contribution is 1.10. The molecule has 0 amide bonds. The number of thiazole rings is 1. The molecule has 1 aromatic carbocycles. The van der Waals surface area contributed by atoms with Crippen molar-refractivity contribution >= 4 is 11.3 Å². The summed E-state index contributed by atoms with van der Waals surface area (Å²) in [5.74, 6) is 0. The molecule has 0 unspecified atom stereocenters. The fourth-order valence-electron chi connectivity index (χ4n) is 2.07. The Morgan fingerprint density at radius 1 is 1.15 bits per heavy atom. The van der Waals surface area contributed by atoms with Crippen LogP contribution in [0.1, 0.15) is 10.4 Å². The number of aryl methyl sites for hydroxylation is 1. The van der Waals surface area contributed by atoms with Gasteiger partial charge in [-0.1, -0.05) is 30.3 Å². The van der Waals surface area contributed by atoms with Gasteiger partial charge in [-0.25, -0.2) is 4.98 Å². The summed E-state index contributed by atoms with van der Waals surface area (Å²) in [7, 11) is 0. The van der Waals surface area contributed by atoms with Crippen LogP contribution in [0.3, 0.4) is 0 Å². The quantitative estimate of drug-likeness (QED) is 0.797. The van der Waals surface area contributed by atoms with E-state index in [2.05, 4.69) is 24.0 Å². The van der Waals surface area contributed by atoms with Gasteiger partial charge in [0.2, 0.25) is 0 Å². The van der Waals surface area contributed by atoms with E-state index in [9.17, 15) is 0 Å². The van der Waals surface area contributed by atoms with Gasteiger partial charge in [-0.2, -0.15) is 0 Å². The summed E-state index contributed by atoms with van der Waals surface area (Å²) in [5, 5.41) is 0.924. The van der Waals surface area contributed by atoms with Gasteiger partial charge in [0.25, 0.3) is 0 Å². The van der Waals surface area contributed by atoms with Crippen LogP contribution in [0.2, 0.25) is 0 Å². The van der Waals surface area contributed by atoms with Crippen LogP contribution in [-0.2, 0) is 6.54 Å². The van der Waals surface area contributed by atoms with E-state index in [0.29, 0.717) is 6.54 Å². The molecule has 0 aliphatic carbocycles. The molecule has 0 atom stereocenters. The summed E-state index contributed by atoms with van der Waals surface area (Å²) in [4.78, 5) is 10.2. The van der Waals surface area contributed by atoms with Crippen LogP contribution in [0.15, 0.2) is 48.7 Å². The Labute approximate surface area is 122 Å². The van der Waals surface area contributed by atoms with Crippen molar-refractivity contribution in [3.8, 4) is 22.0 Å². The lowest BCUT2D eigenvalue weighted by Gasteiger charge is -1.98. The molecule has 0 fully saturated rings. The third-order valence-electron chi connectivity index (χ3n) is 3.06. The number of benzene rings is 1. The average Bonchev–Trinajstić information content (AvgIpc) is 2.92. The highest BCUT2D eigenvalue weighted by Crippen LogP contribution is 2.32. The van der Waals surface area contributed by atoms with Crippen molar-refractivity contribution in [2.45, 2.75) is 13.5 Å². The summed E-state index contributed by atoms with van der Waals surface area (Å²) in [6, 6.07) is 14.2. The van der Waals surface area contributed by atoms with Crippen LogP contribution >= 0.6 is 11.3 Å². The minimum Gasteiger partial charge on any atom is -0.326 e. The van der Waals surface area contributed by atoms with Gasteiger partial charge in [-0.05, 0) is 24.6 Å². The highest BCUT2D eigenvalue weighted by atomic mass is 32.1. The number of nitrogens with two attached hydrogens (primary N) is 1. The molecule has 3 nitrogen and oxygen atoms in total. The third kappa shape index (κ3) is 2.48. The maximum absolute atomic E-state index is 5.86. The highest BCUT2D eigenvalue weighted by Gasteiger charge is 2.13. The second-order valence-corrected chi connectivity index (χ2v) is 5.66. The van der Waals surface area contributed by atoms with E-state index >= 15 is 0 Å². The molecule has 0 radical (unpaired) electrons. The molecule has 0 bridgehead atoms. The first-order chi connectivity index (χ1) is 9.78. The molecule has 0 aliphatic heterocycles. The molecule has 100 valence electrons. The van der Waals surface area contributed by atoms with E-state index in [0.717, 1.165) is 26.8 Å². The summed E-state index contributed by atoms with van der Waals surface area (Å²) in [6.45, 7) is 2.55. The minimum absolute atomic E-state index is 0.494. The zero-order valence-corrected chi connectivity index (χ0v) is 12.0. The van der Waals surface area contributed by atoms with E-state index in [-0.39, 0.29) is 0 Å². The molecular weight excluding hydrogens is 266 g/mol. The number of aromatic nitrogens is 2. The van der Waals surface area contributed by atoms with E-state index < -0.39 is 0 Å². The number of rotatable bonds is 3. The van der Waals surface area contributed by atoms with E-state index in [1.165, 1.54) is 5.56 Å². The Hall–Kier alpha value is -2.04. The standard InChI is InChI=1S/C16H15N3S/c1-11-7-8-18-13(9-11)16-19-15(14(10-17)20-16)12-5-3-2-4-6-12/h2-9H,10,17H2,1H3. The van der Waals surface area contributed by atoms with Gasteiger partial charge in [0, 0.05) is 23.2 Å². The van der Waals surface area contributed by atoms with Gasteiger partial charge in [0.15, 0.2) is 0 Å². The summed E-state index contributed by atoms with van der Waals surface area (Å²) < 4.78 is 0. The molecule has 2 aromatic heterocycles. The maximum Gasteiger partial charge on any atom is 0.142 e. The summed E-state index contributed by atoms with van der Waals surface area (Å²) >= 11 is 1.62. The molecule has 0 aliphatic rings. The molecule has 0 saturated heterocycles. The van der Waals surface area contributed by atoms with Crippen LogP contribution in [0, 0.1) is 6.92 Å². The first kappa shape index (κ1) is 13.0.